The van der Waals surface area contributed by atoms with Crippen LogP contribution >= 0.6 is 0 Å². The summed E-state index contributed by atoms with van der Waals surface area (Å²) in [4.78, 5) is 29.7. The van der Waals surface area contributed by atoms with Crippen molar-refractivity contribution in [2.24, 2.45) is 0 Å². The lowest BCUT2D eigenvalue weighted by atomic mass is 10.0. The maximum Gasteiger partial charge on any atom is 0.264 e. The van der Waals surface area contributed by atoms with Gasteiger partial charge in [-0.25, -0.2) is 8.42 Å². The molecule has 0 saturated carbocycles. The molecule has 0 unspecified atom stereocenters. The summed E-state index contributed by atoms with van der Waals surface area (Å²) in [6, 6.07) is 31.8. The largest absolute Gasteiger partial charge is 0.354 e. The van der Waals surface area contributed by atoms with Gasteiger partial charge in [0.05, 0.1) is 10.6 Å². The molecule has 0 aliphatic rings. The number of nitrogens with one attached hydrogen (secondary N) is 1. The number of hydrogen-bond acceptors (Lipinski definition) is 4. The number of sulfonamides is 1. The van der Waals surface area contributed by atoms with Crippen LogP contribution in [-0.4, -0.2) is 44.3 Å². The smallest absolute Gasteiger partial charge is 0.264 e. The molecule has 8 heteroatoms. The lowest BCUT2D eigenvalue weighted by Gasteiger charge is -2.34. The van der Waals surface area contributed by atoms with Gasteiger partial charge in [-0.2, -0.15) is 0 Å². The zero-order chi connectivity index (χ0) is 30.8. The highest BCUT2D eigenvalue weighted by molar-refractivity contribution is 7.92. The Kier molecular flexibility index (Phi) is 10.7. The molecule has 4 aromatic rings. The molecule has 224 valence electrons. The van der Waals surface area contributed by atoms with Crippen molar-refractivity contribution in [2.75, 3.05) is 17.4 Å². The summed E-state index contributed by atoms with van der Waals surface area (Å²) in [5.41, 5.74) is 3.77. The summed E-state index contributed by atoms with van der Waals surface area (Å²) in [5, 5.41) is 2.96. The Morgan fingerprint density at radius 2 is 1.35 bits per heavy atom. The van der Waals surface area contributed by atoms with E-state index in [-0.39, 0.29) is 23.8 Å². The summed E-state index contributed by atoms with van der Waals surface area (Å²) in [6.07, 6.45) is 1.02. The first-order chi connectivity index (χ1) is 20.7. The van der Waals surface area contributed by atoms with Crippen molar-refractivity contribution >= 4 is 27.5 Å². The average Bonchev–Trinajstić information content (AvgIpc) is 3.02. The van der Waals surface area contributed by atoms with E-state index < -0.39 is 28.5 Å². The molecular formula is C35H39N3O4S. The van der Waals surface area contributed by atoms with Crippen LogP contribution < -0.4 is 9.62 Å². The number of rotatable bonds is 13. The molecule has 4 aromatic carbocycles. The first-order valence-electron chi connectivity index (χ1n) is 14.5. The molecule has 1 atom stereocenters. The summed E-state index contributed by atoms with van der Waals surface area (Å²) in [6.45, 7) is 5.81. The van der Waals surface area contributed by atoms with Crippen LogP contribution in [0.2, 0.25) is 0 Å². The summed E-state index contributed by atoms with van der Waals surface area (Å²) < 4.78 is 29.4. The Balaban J connectivity index is 1.79. The van der Waals surface area contributed by atoms with E-state index >= 15 is 0 Å². The van der Waals surface area contributed by atoms with Gasteiger partial charge in [-0.15, -0.1) is 0 Å². The first-order valence-corrected chi connectivity index (χ1v) is 15.9. The standard InChI is InChI=1S/C35H39N3O4S/c1-4-23-36-35(40)33(24-29-14-7-5-8-15-29)37(25-30-16-9-6-10-17-30)34(39)26-38(32-18-12-11-13-28(32)3)43(41,42)31-21-19-27(2)20-22-31/h5-22,33H,4,23-26H2,1-3H3,(H,36,40)/t33-/m1/s1. The second-order valence-electron chi connectivity index (χ2n) is 10.6. The molecule has 0 radical (unpaired) electrons. The van der Waals surface area contributed by atoms with Gasteiger partial charge in [-0.05, 0) is 55.2 Å². The third-order valence-electron chi connectivity index (χ3n) is 7.29. The second-order valence-corrected chi connectivity index (χ2v) is 12.5. The third-order valence-corrected chi connectivity index (χ3v) is 9.06. The number of nitrogens with zero attached hydrogens (tertiary/aromatic N) is 2. The van der Waals surface area contributed by atoms with Crippen LogP contribution in [0.25, 0.3) is 0 Å². The Labute approximate surface area is 255 Å². The average molecular weight is 598 g/mol. The van der Waals surface area contributed by atoms with Crippen molar-refractivity contribution in [2.45, 2.75) is 51.1 Å². The van der Waals surface area contributed by atoms with Crippen LogP contribution in [0.1, 0.15) is 35.6 Å². The minimum Gasteiger partial charge on any atom is -0.354 e. The molecule has 4 rings (SSSR count). The van der Waals surface area contributed by atoms with E-state index in [4.69, 9.17) is 0 Å². The van der Waals surface area contributed by atoms with Crippen LogP contribution in [0.5, 0.6) is 0 Å². The normalized spacial score (nSPS) is 11.9. The second kappa shape index (κ2) is 14.6. The Morgan fingerprint density at radius 1 is 0.767 bits per heavy atom. The fourth-order valence-electron chi connectivity index (χ4n) is 4.89. The molecular weight excluding hydrogens is 558 g/mol. The number of hydrogen-bond donors (Lipinski definition) is 1. The Hall–Kier alpha value is -4.43. The number of para-hydroxylation sites is 1. The Morgan fingerprint density at radius 3 is 1.95 bits per heavy atom. The quantitative estimate of drug-likeness (QED) is 0.215. The summed E-state index contributed by atoms with van der Waals surface area (Å²) in [5.74, 6) is -0.755. The molecule has 0 bridgehead atoms. The van der Waals surface area contributed by atoms with Gasteiger partial charge in [0.1, 0.15) is 12.6 Å². The molecule has 0 aromatic heterocycles. The lowest BCUT2D eigenvalue weighted by Crippen LogP contribution is -2.53. The van der Waals surface area contributed by atoms with Gasteiger partial charge in [-0.3, -0.25) is 13.9 Å². The molecule has 7 nitrogen and oxygen atoms in total. The highest BCUT2D eigenvalue weighted by atomic mass is 32.2. The molecule has 0 spiro atoms. The number of anilines is 1. The minimum absolute atomic E-state index is 0.0882. The lowest BCUT2D eigenvalue weighted by molar-refractivity contribution is -0.140. The zero-order valence-electron chi connectivity index (χ0n) is 24.9. The highest BCUT2D eigenvalue weighted by Gasteiger charge is 2.34. The van der Waals surface area contributed by atoms with Gasteiger partial charge < -0.3 is 10.2 Å². The number of carbonyl (C=O) groups excluding carboxylic acids is 2. The minimum atomic E-state index is -4.13. The van der Waals surface area contributed by atoms with Crippen LogP contribution in [0.3, 0.4) is 0 Å². The fourth-order valence-corrected chi connectivity index (χ4v) is 6.37. The van der Waals surface area contributed by atoms with E-state index in [1.807, 2.05) is 93.6 Å². The van der Waals surface area contributed by atoms with Gasteiger partial charge in [-0.1, -0.05) is 103 Å². The van der Waals surface area contributed by atoms with Crippen LogP contribution in [-0.2, 0) is 32.6 Å². The molecule has 1 N–H and O–H groups in total. The van der Waals surface area contributed by atoms with Crippen molar-refractivity contribution in [3.05, 3.63) is 131 Å². The zero-order valence-corrected chi connectivity index (χ0v) is 25.8. The van der Waals surface area contributed by atoms with Crippen LogP contribution in [0.4, 0.5) is 5.69 Å². The van der Waals surface area contributed by atoms with Gasteiger partial charge >= 0.3 is 0 Å². The summed E-state index contributed by atoms with van der Waals surface area (Å²) in [7, 11) is -4.13. The predicted octanol–water partition coefficient (Wildman–Crippen LogP) is 5.67. The topological polar surface area (TPSA) is 86.8 Å². The first kappa shape index (κ1) is 31.5. The Bertz CT molecular complexity index is 1610. The fraction of sp³-hybridized carbons (Fsp3) is 0.257. The van der Waals surface area contributed by atoms with E-state index in [0.717, 1.165) is 27.4 Å². The van der Waals surface area contributed by atoms with Gasteiger partial charge in [0.25, 0.3) is 10.0 Å². The molecule has 2 amide bonds. The molecule has 0 aliphatic heterocycles. The van der Waals surface area contributed by atoms with Crippen molar-refractivity contribution in [1.82, 2.24) is 10.2 Å². The highest BCUT2D eigenvalue weighted by Crippen LogP contribution is 2.28. The number of amides is 2. The number of aryl methyl sites for hydroxylation is 2. The van der Waals surface area contributed by atoms with Crippen LogP contribution in [0, 0.1) is 13.8 Å². The SMILES string of the molecule is CCCNC(=O)[C@@H](Cc1ccccc1)N(Cc1ccccc1)C(=O)CN(c1ccccc1C)S(=O)(=O)c1ccc(C)cc1. The van der Waals surface area contributed by atoms with Crippen molar-refractivity contribution in [3.8, 4) is 0 Å². The maximum atomic E-state index is 14.4. The molecule has 0 aliphatic carbocycles. The maximum absolute atomic E-state index is 14.4. The van der Waals surface area contributed by atoms with Crippen molar-refractivity contribution in [1.29, 1.82) is 0 Å². The number of benzene rings is 4. The van der Waals surface area contributed by atoms with Gasteiger partial charge in [0.2, 0.25) is 11.8 Å². The number of carbonyl (C=O) groups is 2. The van der Waals surface area contributed by atoms with Crippen molar-refractivity contribution < 1.29 is 18.0 Å². The van der Waals surface area contributed by atoms with E-state index in [1.165, 1.54) is 4.90 Å². The van der Waals surface area contributed by atoms with Crippen molar-refractivity contribution in [3.63, 3.8) is 0 Å². The monoisotopic (exact) mass is 597 g/mol. The molecule has 43 heavy (non-hydrogen) atoms. The predicted molar refractivity (Wildman–Crippen MR) is 171 cm³/mol. The van der Waals surface area contributed by atoms with E-state index in [1.54, 1.807) is 36.4 Å². The molecule has 0 saturated heterocycles. The van der Waals surface area contributed by atoms with Gasteiger partial charge in [0.15, 0.2) is 0 Å². The van der Waals surface area contributed by atoms with E-state index in [2.05, 4.69) is 5.32 Å². The van der Waals surface area contributed by atoms with Gasteiger partial charge in [0, 0.05) is 19.5 Å². The molecule has 0 heterocycles. The van der Waals surface area contributed by atoms with E-state index in [0.29, 0.717) is 17.8 Å². The van der Waals surface area contributed by atoms with E-state index in [9.17, 15) is 18.0 Å². The van der Waals surface area contributed by atoms with Crippen LogP contribution in [0.15, 0.2) is 114 Å². The third kappa shape index (κ3) is 8.11. The summed E-state index contributed by atoms with van der Waals surface area (Å²) >= 11 is 0. The molecule has 0 fully saturated rings.